The number of likely N-dealkylation sites (N-methyl/N-ethyl adjacent to an activating group) is 1. The minimum Gasteiger partial charge on any atom is -0.481 e. The molecule has 6 nitrogen and oxygen atoms in total. The van der Waals surface area contributed by atoms with Gasteiger partial charge in [-0.2, -0.15) is 0 Å². The molecule has 0 saturated heterocycles. The van der Waals surface area contributed by atoms with Crippen LogP contribution in [0, 0.1) is 30.1 Å². The number of terminal acetylenes is 1. The number of amides is 2. The molecule has 0 saturated carbocycles. The Morgan fingerprint density at radius 2 is 1.79 bits per heavy atom. The van der Waals surface area contributed by atoms with Crippen molar-refractivity contribution >= 4 is 29.5 Å². The molecular weight excluding hydrogens is 388 g/mol. The Morgan fingerprint density at radius 3 is 2.31 bits per heavy atom. The monoisotopic (exact) mass is 418 g/mol. The molecule has 29 heavy (non-hydrogen) atoms. The van der Waals surface area contributed by atoms with Gasteiger partial charge in [0, 0.05) is 19.2 Å². The maximum Gasteiger partial charge on any atom is 0.308 e. The average molecular weight is 419 g/mol. The van der Waals surface area contributed by atoms with Gasteiger partial charge in [-0.3, -0.25) is 14.4 Å². The number of carboxylic acids is 1. The van der Waals surface area contributed by atoms with Gasteiger partial charge in [0.05, 0.1) is 17.6 Å². The summed E-state index contributed by atoms with van der Waals surface area (Å²) in [6.07, 6.45) is 5.98. The van der Waals surface area contributed by atoms with Crippen molar-refractivity contribution in [2.75, 3.05) is 18.6 Å². The van der Waals surface area contributed by atoms with E-state index in [1.165, 1.54) is 18.8 Å². The number of thioether (sulfide) groups is 1. The van der Waals surface area contributed by atoms with Gasteiger partial charge in [0.2, 0.25) is 11.8 Å². The van der Waals surface area contributed by atoms with E-state index in [1.54, 1.807) is 0 Å². The van der Waals surface area contributed by atoms with Crippen LogP contribution in [0.2, 0.25) is 0 Å². The fraction of sp³-hybridized carbons (Fsp3) is 0.500. The number of rotatable bonds is 12. The Bertz CT molecular complexity index is 715. The molecule has 1 aromatic carbocycles. The average Bonchev–Trinajstić information content (AvgIpc) is 2.69. The van der Waals surface area contributed by atoms with Crippen LogP contribution in [0.3, 0.4) is 0 Å². The Hall–Kier alpha value is -2.46. The van der Waals surface area contributed by atoms with Crippen molar-refractivity contribution in [3.05, 3.63) is 35.9 Å². The number of carboxylic acid groups (broad SMARTS) is 1. The molecule has 0 aliphatic heterocycles. The Labute approximate surface area is 177 Å². The van der Waals surface area contributed by atoms with Gasteiger partial charge in [-0.25, -0.2) is 0 Å². The van der Waals surface area contributed by atoms with Gasteiger partial charge in [-0.1, -0.05) is 50.1 Å². The summed E-state index contributed by atoms with van der Waals surface area (Å²) in [7, 11) is 1.51. The van der Waals surface area contributed by atoms with E-state index in [4.69, 9.17) is 6.42 Å². The number of hydrogen-bond acceptors (Lipinski definition) is 4. The molecule has 3 atom stereocenters. The van der Waals surface area contributed by atoms with E-state index in [-0.39, 0.29) is 17.6 Å². The molecule has 0 aliphatic rings. The van der Waals surface area contributed by atoms with Crippen LogP contribution in [0.5, 0.6) is 0 Å². The van der Waals surface area contributed by atoms with E-state index in [0.29, 0.717) is 18.6 Å². The van der Waals surface area contributed by atoms with Crippen molar-refractivity contribution in [2.45, 2.75) is 32.7 Å². The minimum atomic E-state index is -1.03. The molecule has 7 heteroatoms. The molecule has 0 aromatic heterocycles. The first-order chi connectivity index (χ1) is 13.8. The predicted octanol–water partition coefficient (Wildman–Crippen LogP) is 2.19. The summed E-state index contributed by atoms with van der Waals surface area (Å²) >= 11 is 1.32. The smallest absolute Gasteiger partial charge is 0.308 e. The first kappa shape index (κ1) is 24.6. The largest absolute Gasteiger partial charge is 0.481 e. The Kier molecular flexibility index (Phi) is 10.9. The van der Waals surface area contributed by atoms with Gasteiger partial charge < -0.3 is 15.7 Å². The van der Waals surface area contributed by atoms with Crippen molar-refractivity contribution in [1.29, 1.82) is 0 Å². The molecule has 0 spiro atoms. The summed E-state index contributed by atoms with van der Waals surface area (Å²) in [6, 6.07) is 8.58. The highest BCUT2D eigenvalue weighted by Crippen LogP contribution is 2.25. The van der Waals surface area contributed by atoms with Crippen LogP contribution < -0.4 is 10.6 Å². The quantitative estimate of drug-likeness (QED) is 0.357. The summed E-state index contributed by atoms with van der Waals surface area (Å²) < 4.78 is 0. The van der Waals surface area contributed by atoms with Crippen molar-refractivity contribution in [3.63, 3.8) is 0 Å². The molecule has 1 rings (SSSR count). The molecule has 0 radical (unpaired) electrons. The number of hydrogen-bond donors (Lipinski definition) is 3. The molecule has 2 amide bonds. The number of benzene rings is 1. The maximum atomic E-state index is 13.1. The second-order valence-electron chi connectivity index (χ2n) is 7.27. The first-order valence-electron chi connectivity index (χ1n) is 9.60. The second kappa shape index (κ2) is 12.9. The maximum absolute atomic E-state index is 13.1. The Morgan fingerprint density at radius 1 is 1.14 bits per heavy atom. The van der Waals surface area contributed by atoms with Gasteiger partial charge in [0.25, 0.3) is 0 Å². The lowest BCUT2D eigenvalue weighted by Crippen LogP contribution is -2.50. The minimum absolute atomic E-state index is 0.123. The van der Waals surface area contributed by atoms with Crippen LogP contribution in [0.4, 0.5) is 0 Å². The zero-order chi connectivity index (χ0) is 21.8. The zero-order valence-corrected chi connectivity index (χ0v) is 18.0. The van der Waals surface area contributed by atoms with E-state index >= 15 is 0 Å². The second-order valence-corrected chi connectivity index (χ2v) is 8.30. The molecule has 1 aromatic rings. The van der Waals surface area contributed by atoms with E-state index in [0.717, 1.165) is 5.56 Å². The molecule has 0 aliphatic carbocycles. The summed E-state index contributed by atoms with van der Waals surface area (Å²) in [5.41, 5.74) is 0.904. The fourth-order valence-corrected chi connectivity index (χ4v) is 3.94. The van der Waals surface area contributed by atoms with Gasteiger partial charge in [-0.15, -0.1) is 18.2 Å². The molecular formula is C22H30N2O4S. The van der Waals surface area contributed by atoms with E-state index in [1.807, 2.05) is 44.2 Å². The summed E-state index contributed by atoms with van der Waals surface area (Å²) in [5, 5.41) is 15.1. The topological polar surface area (TPSA) is 95.5 Å². The number of aliphatic carboxylic acids is 1. The Balaban J connectivity index is 3.03. The lowest BCUT2D eigenvalue weighted by molar-refractivity contribution is -0.147. The lowest BCUT2D eigenvalue weighted by Gasteiger charge is -2.27. The van der Waals surface area contributed by atoms with E-state index in [2.05, 4.69) is 16.6 Å². The van der Waals surface area contributed by atoms with Crippen LogP contribution in [0.1, 0.15) is 25.8 Å². The zero-order valence-electron chi connectivity index (χ0n) is 17.2. The molecule has 0 heterocycles. The SMILES string of the molecule is C#CCSCC(C(=O)O)C(CC(C)C)C(=O)NC(Cc1ccccc1)C(=O)NC. The highest BCUT2D eigenvalue weighted by Gasteiger charge is 2.35. The number of nitrogens with one attached hydrogen (secondary N) is 2. The van der Waals surface area contributed by atoms with E-state index in [9.17, 15) is 19.5 Å². The van der Waals surface area contributed by atoms with Crippen LogP contribution >= 0.6 is 11.8 Å². The number of carbonyl (C=O) groups excluding carboxylic acids is 2. The molecule has 0 fully saturated rings. The standard InChI is InChI=1S/C22H30N2O4S/c1-5-11-29-14-18(22(27)28)17(12-15(2)3)20(25)24-19(21(26)23-4)13-16-9-7-6-8-10-16/h1,6-10,15,17-19H,11-14H2,2-4H3,(H,23,26)(H,24,25)(H,27,28). The lowest BCUT2D eigenvalue weighted by atomic mass is 9.85. The van der Waals surface area contributed by atoms with Crippen LogP contribution in [0.15, 0.2) is 30.3 Å². The van der Waals surface area contributed by atoms with Crippen molar-refractivity contribution in [3.8, 4) is 12.3 Å². The van der Waals surface area contributed by atoms with Gasteiger partial charge in [-0.05, 0) is 17.9 Å². The van der Waals surface area contributed by atoms with E-state index < -0.39 is 29.8 Å². The van der Waals surface area contributed by atoms with Gasteiger partial charge in [0.15, 0.2) is 0 Å². The predicted molar refractivity (Wildman–Crippen MR) is 116 cm³/mol. The van der Waals surface area contributed by atoms with Crippen LogP contribution in [-0.4, -0.2) is 47.5 Å². The van der Waals surface area contributed by atoms with Gasteiger partial charge in [0.1, 0.15) is 6.04 Å². The molecule has 3 N–H and O–H groups in total. The first-order valence-corrected chi connectivity index (χ1v) is 10.8. The fourth-order valence-electron chi connectivity index (χ4n) is 3.08. The third kappa shape index (κ3) is 8.61. The van der Waals surface area contributed by atoms with Gasteiger partial charge >= 0.3 is 5.97 Å². The normalized spacial score (nSPS) is 13.8. The number of carbonyl (C=O) groups is 3. The summed E-state index contributed by atoms with van der Waals surface area (Å²) in [5.74, 6) is -0.179. The van der Waals surface area contributed by atoms with Crippen LogP contribution in [0.25, 0.3) is 0 Å². The third-order valence-electron chi connectivity index (χ3n) is 4.51. The molecule has 158 valence electrons. The highest BCUT2D eigenvalue weighted by molar-refractivity contribution is 7.99. The van der Waals surface area contributed by atoms with Crippen molar-refractivity contribution in [1.82, 2.24) is 10.6 Å². The van der Waals surface area contributed by atoms with Crippen molar-refractivity contribution < 1.29 is 19.5 Å². The van der Waals surface area contributed by atoms with Crippen LogP contribution in [-0.2, 0) is 20.8 Å². The molecule has 0 bridgehead atoms. The van der Waals surface area contributed by atoms with Crippen molar-refractivity contribution in [2.24, 2.45) is 17.8 Å². The third-order valence-corrected chi connectivity index (χ3v) is 5.48. The summed E-state index contributed by atoms with van der Waals surface area (Å²) in [6.45, 7) is 3.88. The molecule has 3 unspecified atom stereocenters. The summed E-state index contributed by atoms with van der Waals surface area (Å²) in [4.78, 5) is 37.3. The highest BCUT2D eigenvalue weighted by atomic mass is 32.2.